The Balaban J connectivity index is 1.95. The van der Waals surface area contributed by atoms with E-state index in [0.29, 0.717) is 28.9 Å². The number of carbonyl (C=O) groups excluding carboxylic acids is 1. The van der Waals surface area contributed by atoms with E-state index < -0.39 is 16.0 Å². The lowest BCUT2D eigenvalue weighted by Gasteiger charge is -2.18. The van der Waals surface area contributed by atoms with Gasteiger partial charge in [0.15, 0.2) is 0 Å². The summed E-state index contributed by atoms with van der Waals surface area (Å²) < 4.78 is 38.9. The number of esters is 1. The number of ether oxygens (including phenoxy) is 2. The molecule has 1 N–H and O–H groups in total. The van der Waals surface area contributed by atoms with E-state index in [1.54, 1.807) is 45.2 Å². The summed E-state index contributed by atoms with van der Waals surface area (Å²) in [6.07, 6.45) is 1.40. The molecule has 0 heterocycles. The van der Waals surface area contributed by atoms with Crippen LogP contribution in [0.3, 0.4) is 0 Å². The van der Waals surface area contributed by atoms with E-state index in [9.17, 15) is 13.2 Å². The van der Waals surface area contributed by atoms with Gasteiger partial charge in [0.1, 0.15) is 5.75 Å². The molecule has 0 amide bonds. The molecule has 6 nitrogen and oxygen atoms in total. The van der Waals surface area contributed by atoms with Gasteiger partial charge in [-0.15, -0.1) is 0 Å². The number of rotatable bonds is 5. The number of nitrogens with one attached hydrogen (secondary N) is 1. The van der Waals surface area contributed by atoms with Crippen LogP contribution >= 0.6 is 0 Å². The van der Waals surface area contributed by atoms with Gasteiger partial charge in [-0.3, -0.25) is 0 Å². The van der Waals surface area contributed by atoms with Crippen molar-refractivity contribution in [3.8, 4) is 5.75 Å². The molecule has 1 aliphatic carbocycles. The van der Waals surface area contributed by atoms with Crippen molar-refractivity contribution in [2.75, 3.05) is 14.2 Å². The lowest BCUT2D eigenvalue weighted by Crippen LogP contribution is -2.28. The Morgan fingerprint density at radius 1 is 1.11 bits per heavy atom. The molecule has 0 aromatic heterocycles. The van der Waals surface area contributed by atoms with Crippen molar-refractivity contribution in [3.63, 3.8) is 0 Å². The van der Waals surface area contributed by atoms with E-state index in [0.717, 1.165) is 17.5 Å². The van der Waals surface area contributed by atoms with Gasteiger partial charge in [-0.2, -0.15) is 0 Å². The summed E-state index contributed by atoms with van der Waals surface area (Å²) in [6.45, 7) is 3.50. The van der Waals surface area contributed by atoms with Crippen molar-refractivity contribution in [1.82, 2.24) is 4.72 Å². The summed E-state index contributed by atoms with van der Waals surface area (Å²) in [6, 6.07) is 8.32. The van der Waals surface area contributed by atoms with Gasteiger partial charge < -0.3 is 9.47 Å². The second-order valence-corrected chi connectivity index (χ2v) is 8.36. The molecule has 7 heteroatoms. The zero-order chi connectivity index (χ0) is 19.8. The summed E-state index contributed by atoms with van der Waals surface area (Å²) in [5.74, 6) is 0.186. The second kappa shape index (κ2) is 7.32. The van der Waals surface area contributed by atoms with Crippen LogP contribution < -0.4 is 9.46 Å². The van der Waals surface area contributed by atoms with Gasteiger partial charge in [-0.05, 0) is 73.2 Å². The zero-order valence-corrected chi connectivity index (χ0v) is 16.6. The van der Waals surface area contributed by atoms with Crippen LogP contribution in [0.1, 0.15) is 45.1 Å². The maximum atomic E-state index is 13.1. The molecule has 2 aromatic carbocycles. The highest BCUT2D eigenvalue weighted by molar-refractivity contribution is 7.89. The Kier molecular flexibility index (Phi) is 5.26. The van der Waals surface area contributed by atoms with E-state index in [-0.39, 0.29) is 10.9 Å². The molecule has 27 heavy (non-hydrogen) atoms. The Morgan fingerprint density at radius 3 is 2.37 bits per heavy atom. The molecule has 0 fully saturated rings. The number of benzene rings is 2. The molecule has 0 saturated heterocycles. The van der Waals surface area contributed by atoms with Crippen molar-refractivity contribution >= 4 is 16.0 Å². The fourth-order valence-electron chi connectivity index (χ4n) is 3.67. The number of methoxy groups -OCH3 is 2. The highest BCUT2D eigenvalue weighted by Crippen LogP contribution is 2.34. The van der Waals surface area contributed by atoms with Gasteiger partial charge in [0, 0.05) is 6.04 Å². The third-order valence-electron chi connectivity index (χ3n) is 4.88. The van der Waals surface area contributed by atoms with Gasteiger partial charge in [0.25, 0.3) is 0 Å². The maximum Gasteiger partial charge on any atom is 0.337 e. The first kappa shape index (κ1) is 19.4. The van der Waals surface area contributed by atoms with E-state index in [1.807, 2.05) is 6.07 Å². The second-order valence-electron chi connectivity index (χ2n) is 6.71. The average molecular weight is 389 g/mol. The molecule has 144 valence electrons. The SMILES string of the molecule is COC(=O)c1ccc2c(c1)C(NS(=O)(=O)c1c(C)cc(OC)cc1C)CC2. The van der Waals surface area contributed by atoms with Crippen molar-refractivity contribution < 1.29 is 22.7 Å². The molecule has 0 radical (unpaired) electrons. The summed E-state index contributed by atoms with van der Waals surface area (Å²) in [7, 11) is -0.858. The third kappa shape index (κ3) is 3.70. The first-order chi connectivity index (χ1) is 12.8. The molecule has 1 unspecified atom stereocenters. The highest BCUT2D eigenvalue weighted by atomic mass is 32.2. The van der Waals surface area contributed by atoms with Crippen molar-refractivity contribution in [3.05, 3.63) is 58.1 Å². The number of aryl methyl sites for hydroxylation is 3. The molecule has 0 saturated carbocycles. The summed E-state index contributed by atoms with van der Waals surface area (Å²) in [5, 5.41) is 0. The fourth-order valence-corrected chi connectivity index (χ4v) is 5.37. The van der Waals surface area contributed by atoms with Gasteiger partial charge >= 0.3 is 5.97 Å². The van der Waals surface area contributed by atoms with E-state index >= 15 is 0 Å². The predicted molar refractivity (Wildman–Crippen MR) is 102 cm³/mol. The molecule has 0 spiro atoms. The van der Waals surface area contributed by atoms with Crippen LogP contribution in [0.15, 0.2) is 35.2 Å². The summed E-state index contributed by atoms with van der Waals surface area (Å²) in [4.78, 5) is 12.1. The van der Waals surface area contributed by atoms with E-state index in [2.05, 4.69) is 4.72 Å². The third-order valence-corrected chi connectivity index (χ3v) is 6.66. The minimum Gasteiger partial charge on any atom is -0.497 e. The fraction of sp³-hybridized carbons (Fsp3) is 0.350. The molecule has 1 aliphatic rings. The predicted octanol–water partition coefficient (Wildman–Crippen LogP) is 3.06. The first-order valence-electron chi connectivity index (χ1n) is 8.65. The monoisotopic (exact) mass is 389 g/mol. The number of sulfonamides is 1. The first-order valence-corrected chi connectivity index (χ1v) is 10.1. The summed E-state index contributed by atoms with van der Waals surface area (Å²) >= 11 is 0. The topological polar surface area (TPSA) is 81.7 Å². The smallest absolute Gasteiger partial charge is 0.337 e. The van der Waals surface area contributed by atoms with Crippen molar-refractivity contribution in [1.29, 1.82) is 0 Å². The van der Waals surface area contributed by atoms with Gasteiger partial charge in [0.05, 0.1) is 24.7 Å². The van der Waals surface area contributed by atoms with Crippen LogP contribution in [0, 0.1) is 13.8 Å². The molecule has 3 rings (SSSR count). The Hall–Kier alpha value is -2.38. The Morgan fingerprint density at radius 2 is 1.78 bits per heavy atom. The standard InChI is InChI=1S/C20H23NO5S/c1-12-9-16(25-3)10-13(2)19(12)27(23,24)21-18-8-7-14-5-6-15(11-17(14)18)20(22)26-4/h5-6,9-11,18,21H,7-8H2,1-4H3. The molecule has 2 aromatic rings. The minimum atomic E-state index is -3.73. The normalized spacial score (nSPS) is 16.1. The molecule has 0 bridgehead atoms. The Labute approximate surface area is 159 Å². The Bertz CT molecular complexity index is 974. The molecule has 1 atom stereocenters. The number of carbonyl (C=O) groups is 1. The lowest BCUT2D eigenvalue weighted by molar-refractivity contribution is 0.0600. The number of hydrogen-bond donors (Lipinski definition) is 1. The van der Waals surface area contributed by atoms with Crippen LogP contribution in [0.5, 0.6) is 5.75 Å². The maximum absolute atomic E-state index is 13.1. The van der Waals surface area contributed by atoms with Gasteiger partial charge in [0.2, 0.25) is 10.0 Å². The van der Waals surface area contributed by atoms with Crippen LogP contribution in [0.2, 0.25) is 0 Å². The van der Waals surface area contributed by atoms with E-state index in [4.69, 9.17) is 9.47 Å². The van der Waals surface area contributed by atoms with Gasteiger partial charge in [-0.1, -0.05) is 6.07 Å². The molecular weight excluding hydrogens is 366 g/mol. The van der Waals surface area contributed by atoms with Crippen LogP contribution in [-0.4, -0.2) is 28.6 Å². The molecule has 0 aliphatic heterocycles. The lowest BCUT2D eigenvalue weighted by atomic mass is 10.0. The van der Waals surface area contributed by atoms with Crippen LogP contribution in [-0.2, 0) is 21.2 Å². The summed E-state index contributed by atoms with van der Waals surface area (Å²) in [5.41, 5.74) is 3.53. The largest absolute Gasteiger partial charge is 0.497 e. The van der Waals surface area contributed by atoms with Crippen molar-refractivity contribution in [2.24, 2.45) is 0 Å². The van der Waals surface area contributed by atoms with E-state index in [1.165, 1.54) is 7.11 Å². The molecular formula is C20H23NO5S. The van der Waals surface area contributed by atoms with Crippen molar-refractivity contribution in [2.45, 2.75) is 37.6 Å². The number of fused-ring (bicyclic) bond motifs is 1. The minimum absolute atomic E-state index is 0.265. The van der Waals surface area contributed by atoms with Crippen LogP contribution in [0.25, 0.3) is 0 Å². The quantitative estimate of drug-likeness (QED) is 0.795. The highest BCUT2D eigenvalue weighted by Gasteiger charge is 2.30. The van der Waals surface area contributed by atoms with Gasteiger partial charge in [-0.25, -0.2) is 17.9 Å². The zero-order valence-electron chi connectivity index (χ0n) is 15.8. The number of hydrogen-bond acceptors (Lipinski definition) is 5. The van der Waals surface area contributed by atoms with Crippen LogP contribution in [0.4, 0.5) is 0 Å². The average Bonchev–Trinajstić information content (AvgIpc) is 3.01.